The number of nitrogens with zero attached hydrogens (tertiary/aromatic N) is 8. The number of carbonyl (C=O) groups is 1. The van der Waals surface area contributed by atoms with Crippen LogP contribution in [0.5, 0.6) is 0 Å². The molecule has 0 aromatic carbocycles. The number of methoxy groups -OCH3 is 2. The van der Waals surface area contributed by atoms with Crippen molar-refractivity contribution in [2.24, 2.45) is 18.9 Å². The molecule has 404 valence electrons. The van der Waals surface area contributed by atoms with Gasteiger partial charge in [-0.1, -0.05) is 4.98 Å². The molecule has 0 radical (unpaired) electrons. The molecule has 3 aliphatic heterocycles. The van der Waals surface area contributed by atoms with Gasteiger partial charge in [0.2, 0.25) is 23.9 Å². The molecule has 3 fully saturated rings. The molecule has 8 heterocycles. The zero-order valence-electron chi connectivity index (χ0n) is 38.6. The van der Waals surface area contributed by atoms with Crippen LogP contribution in [-0.2, 0) is 66.9 Å². The number of nitrogens with one attached hydrogen (secondary N) is 3. The van der Waals surface area contributed by atoms with Crippen LogP contribution in [0.1, 0.15) is 31.5 Å². The zero-order chi connectivity index (χ0) is 53.6. The number of fused-ring (bicyclic) bond motifs is 2. The summed E-state index contributed by atoms with van der Waals surface area (Å²) in [5.41, 5.74) is 9.67. The van der Waals surface area contributed by atoms with Gasteiger partial charge in [0.25, 0.3) is 24.9 Å². The normalized spacial score (nSPS) is 29.1. The lowest BCUT2D eigenvalue weighted by molar-refractivity contribution is -0.745. The Morgan fingerprint density at radius 1 is 0.959 bits per heavy atom. The van der Waals surface area contributed by atoms with Crippen LogP contribution >= 0.6 is 23.5 Å². The predicted octanol–water partition coefficient (Wildman–Crippen LogP) is -4.12. The van der Waals surface area contributed by atoms with E-state index in [2.05, 4.69) is 38.9 Å². The van der Waals surface area contributed by atoms with E-state index in [9.17, 15) is 62.9 Å². The topological polar surface area (TPSA) is 493 Å². The highest BCUT2D eigenvalue weighted by Crippen LogP contribution is 2.67. The number of anilines is 2. The van der Waals surface area contributed by atoms with E-state index in [0.717, 1.165) is 29.4 Å². The first-order chi connectivity index (χ1) is 34.9. The average molecular weight is 1110 g/mol. The number of ether oxygens (including phenoxy) is 5. The maximum absolute atomic E-state index is 13.5. The minimum absolute atomic E-state index is 0.00359. The Bertz CT molecular complexity index is 3280. The monoisotopic (exact) mass is 1110 g/mol. The van der Waals surface area contributed by atoms with E-state index in [1.807, 2.05) is 4.98 Å². The minimum Gasteiger partial charge on any atom is -0.756 e. The number of aliphatic hydroxyl groups is 3. The van der Waals surface area contributed by atoms with Crippen molar-refractivity contribution >= 4 is 63.5 Å². The van der Waals surface area contributed by atoms with Gasteiger partial charge < -0.3 is 75.0 Å². The second-order valence-electron chi connectivity index (χ2n) is 16.7. The van der Waals surface area contributed by atoms with E-state index in [1.54, 1.807) is 0 Å². The summed E-state index contributed by atoms with van der Waals surface area (Å²) in [4.78, 5) is 105. The second-order valence-corrected chi connectivity index (χ2v) is 21.3. The summed E-state index contributed by atoms with van der Waals surface area (Å²) >= 11 is 0. The van der Waals surface area contributed by atoms with Crippen LogP contribution in [0.3, 0.4) is 0 Å². The zero-order valence-corrected chi connectivity index (χ0v) is 41.3. The number of rotatable bonds is 20. The summed E-state index contributed by atoms with van der Waals surface area (Å²) < 4.78 is 90.9. The third kappa shape index (κ3) is 11.4. The molecular weight excluding hydrogens is 1060 g/mol. The number of hydrogen-bond acceptors (Lipinski definition) is 26. The molecule has 0 spiro atoms. The molecule has 74 heavy (non-hydrogen) atoms. The Balaban J connectivity index is 0.941. The Kier molecular flexibility index (Phi) is 15.9. The summed E-state index contributed by atoms with van der Waals surface area (Å²) in [7, 11) is -13.9. The first kappa shape index (κ1) is 54.6. The second kappa shape index (κ2) is 21.5. The number of aromatic amines is 2. The van der Waals surface area contributed by atoms with Crippen molar-refractivity contribution in [1.82, 2.24) is 48.9 Å². The SMILES string of the molecule is COCC[C@H]1[C@@H](O)[C@H]([n+]2cn(C)c3c(=O)[nH]c(N)nc32)O[C@@H]1COP(=O)([O-])OP(=O)(O)OP(=O)(O)OCC1O[C@@H](n2cnc3c(N)ncnc32)[C@H](OC)[C@@H]1CC(=O)N/C=C1\O[C@@H](n2ccc(=O)[nH]c2=O)[C@H](O)[C@@H]1O. The lowest BCUT2D eigenvalue weighted by Crippen LogP contribution is -2.45. The van der Waals surface area contributed by atoms with Crippen molar-refractivity contribution in [3.05, 3.63) is 74.4 Å². The number of aliphatic hydroxyl groups excluding tert-OH is 3. The number of carbonyl (C=O) groups excluding carboxylic acids is 1. The lowest BCUT2D eigenvalue weighted by Gasteiger charge is -2.27. The molecule has 38 heteroatoms. The third-order valence-corrected chi connectivity index (χ3v) is 16.2. The van der Waals surface area contributed by atoms with Gasteiger partial charge in [-0.3, -0.25) is 47.1 Å². The van der Waals surface area contributed by atoms with Gasteiger partial charge >= 0.3 is 27.0 Å². The van der Waals surface area contributed by atoms with Crippen molar-refractivity contribution in [3.63, 3.8) is 0 Å². The van der Waals surface area contributed by atoms with Crippen LogP contribution in [-0.4, -0.2) is 145 Å². The van der Waals surface area contributed by atoms with Gasteiger partial charge in [-0.2, -0.15) is 4.31 Å². The number of imidazole rings is 2. The van der Waals surface area contributed by atoms with Crippen molar-refractivity contribution in [2.75, 3.05) is 45.5 Å². The molecule has 5 aromatic rings. The maximum Gasteiger partial charge on any atom is 0.487 e. The molecule has 3 aliphatic rings. The standard InChI is InChI=1S/C36H48N13O22P3/c1-46-14-49(30-23(46)31(55)45-35(38)44-30)32-24(52)15(5-7-63-2)18(68-32)10-65-72(57,58)70-74(61,62)71-73(59,60)66-11-19-16(27(64-3)34(69-19)48-13-42-22-28(37)40-12-41-29(22)48)8-21(51)39-9-17-25(53)26(54)33(67-17)47-6-4-20(50)43-36(47)56/h4,6,9,12-16,18-19,24-27,32-34,52-54H,5,7-8,10-11H2,1-3H3,(H9-,37,38,39,40,41,43,44,45,50,51,55,56,57,58,59,60,61,62)/b17-9-/t15-,16-,18-,19?,24-,25-,26-,27-,32-,33-,34-/m1/s1. The van der Waals surface area contributed by atoms with Crippen molar-refractivity contribution in [1.29, 1.82) is 0 Å². The number of H-pyrrole nitrogens is 2. The first-order valence-corrected chi connectivity index (χ1v) is 26.1. The fraction of sp³-hybridized carbons (Fsp3) is 0.528. The van der Waals surface area contributed by atoms with Gasteiger partial charge in [-0.25, -0.2) is 37.8 Å². The van der Waals surface area contributed by atoms with Crippen LogP contribution in [0.15, 0.2) is 57.6 Å². The minimum atomic E-state index is -6.16. The van der Waals surface area contributed by atoms with Crippen molar-refractivity contribution in [2.45, 2.75) is 68.1 Å². The van der Waals surface area contributed by atoms with E-state index >= 15 is 0 Å². The third-order valence-electron chi connectivity index (χ3n) is 12.0. The molecular formula is C36H48N13O22P3. The quantitative estimate of drug-likeness (QED) is 0.0261. The predicted molar refractivity (Wildman–Crippen MR) is 239 cm³/mol. The van der Waals surface area contributed by atoms with E-state index in [-0.39, 0.29) is 47.1 Å². The van der Waals surface area contributed by atoms with Gasteiger partial charge in [-0.05, 0) is 6.42 Å². The molecule has 1 amide bonds. The van der Waals surface area contributed by atoms with Gasteiger partial charge in [0.05, 0.1) is 38.8 Å². The summed E-state index contributed by atoms with van der Waals surface area (Å²) in [5.74, 6) is -3.67. The van der Waals surface area contributed by atoms with Crippen LogP contribution in [0.4, 0.5) is 11.8 Å². The maximum atomic E-state index is 13.5. The van der Waals surface area contributed by atoms with Gasteiger partial charge in [0.1, 0.15) is 42.0 Å². The number of aromatic nitrogens is 10. The molecule has 4 unspecified atom stereocenters. The Labute approximate surface area is 413 Å². The fourth-order valence-electron chi connectivity index (χ4n) is 8.66. The summed E-state index contributed by atoms with van der Waals surface area (Å²) in [6.45, 7) is -1.98. The number of phosphoric acid groups is 3. The van der Waals surface area contributed by atoms with Crippen LogP contribution in [0.2, 0.25) is 0 Å². The molecule has 0 bridgehead atoms. The Hall–Kier alpha value is -5.68. The van der Waals surface area contributed by atoms with Gasteiger partial charge in [-0.15, -0.1) is 0 Å². The number of hydrogen-bond donors (Lipinski definition) is 10. The highest BCUT2D eigenvalue weighted by atomic mass is 31.3. The Morgan fingerprint density at radius 3 is 2.41 bits per heavy atom. The molecule has 14 atom stereocenters. The van der Waals surface area contributed by atoms with E-state index < -0.39 is 139 Å². The molecule has 3 saturated heterocycles. The van der Waals surface area contributed by atoms with Crippen molar-refractivity contribution < 1.29 is 94.4 Å². The molecule has 0 aliphatic carbocycles. The summed E-state index contributed by atoms with van der Waals surface area (Å²) in [6, 6.07) is 0.969. The fourth-order valence-corrected chi connectivity index (χ4v) is 12.1. The van der Waals surface area contributed by atoms with E-state index in [4.69, 9.17) is 44.2 Å². The molecule has 35 nitrogen and oxygen atoms in total. The smallest absolute Gasteiger partial charge is 0.487 e. The number of phosphoric ester groups is 2. The molecule has 8 rings (SSSR count). The Morgan fingerprint density at radius 2 is 1.69 bits per heavy atom. The molecule has 5 aromatic heterocycles. The molecule has 12 N–H and O–H groups in total. The van der Waals surface area contributed by atoms with Crippen molar-refractivity contribution in [3.8, 4) is 0 Å². The average Bonchev–Trinajstić information content (AvgIpc) is 4.12. The van der Waals surface area contributed by atoms with Crippen LogP contribution in [0, 0.1) is 11.8 Å². The van der Waals surface area contributed by atoms with E-state index in [0.29, 0.717) is 0 Å². The highest BCUT2D eigenvalue weighted by molar-refractivity contribution is 7.66. The number of nitrogens with two attached hydrogens (primary N) is 2. The van der Waals surface area contributed by atoms with E-state index in [1.165, 1.54) is 47.6 Å². The largest absolute Gasteiger partial charge is 0.756 e. The first-order valence-electron chi connectivity index (χ1n) is 21.6. The van der Waals surface area contributed by atoms with Gasteiger partial charge in [0.15, 0.2) is 24.0 Å². The summed E-state index contributed by atoms with van der Waals surface area (Å²) in [6.07, 6.45) is -7.90. The molecule has 0 saturated carbocycles. The summed E-state index contributed by atoms with van der Waals surface area (Å²) in [5, 5.41) is 35.0. The number of nitrogen functional groups attached to an aromatic ring is 2. The van der Waals surface area contributed by atoms with Crippen LogP contribution in [0.25, 0.3) is 22.3 Å². The number of aryl methyl sites for hydroxylation is 1. The number of amides is 1. The van der Waals surface area contributed by atoms with Gasteiger partial charge in [0, 0.05) is 57.5 Å². The van der Waals surface area contributed by atoms with Crippen LogP contribution < -0.4 is 43.1 Å². The highest BCUT2D eigenvalue weighted by Gasteiger charge is 2.51. The lowest BCUT2D eigenvalue weighted by atomic mass is 9.94.